The zero-order valence-electron chi connectivity index (χ0n) is 13.2. The normalized spacial score (nSPS) is 18.2. The van der Waals surface area contributed by atoms with Crippen LogP contribution in [0.5, 0.6) is 0 Å². The minimum Gasteiger partial charge on any atom is -0.372 e. The fourth-order valence-electron chi connectivity index (χ4n) is 2.27. The molecule has 1 rings (SSSR count). The van der Waals surface area contributed by atoms with Gasteiger partial charge in [0.25, 0.3) is 0 Å². The van der Waals surface area contributed by atoms with E-state index in [1.807, 2.05) is 0 Å². The van der Waals surface area contributed by atoms with Crippen LogP contribution in [0.1, 0.15) is 40.5 Å². The van der Waals surface area contributed by atoms with Crippen LogP contribution in [-0.4, -0.2) is 48.7 Å². The van der Waals surface area contributed by atoms with Gasteiger partial charge in [-0.3, -0.25) is 0 Å². The highest BCUT2D eigenvalue weighted by molar-refractivity contribution is 9.11. The fourth-order valence-corrected chi connectivity index (χ4v) is 2.40. The number of halogens is 1. The number of ether oxygens (including phenoxy) is 1. The minimum absolute atomic E-state index is 0.0564. The standard InChI is InChI=1S/C15H28BrN3O/c1-6-17-14(18-11-12(2)16)19-9-7-13(8-10-19)20-15(3,4)5/h13H,2,6-11H2,1,3-5H3,(H,17,18). The van der Waals surface area contributed by atoms with Crippen LogP contribution in [0.2, 0.25) is 0 Å². The first-order valence-corrected chi connectivity index (χ1v) is 8.15. The second kappa shape index (κ2) is 8.03. The van der Waals surface area contributed by atoms with Crippen LogP contribution in [-0.2, 0) is 4.74 Å². The molecule has 1 N–H and O–H groups in total. The van der Waals surface area contributed by atoms with Crippen molar-refractivity contribution in [3.05, 3.63) is 11.1 Å². The van der Waals surface area contributed by atoms with Gasteiger partial charge in [0.15, 0.2) is 5.96 Å². The van der Waals surface area contributed by atoms with Crippen molar-refractivity contribution in [1.29, 1.82) is 0 Å². The van der Waals surface area contributed by atoms with E-state index in [0.717, 1.165) is 42.9 Å². The molecule has 5 heteroatoms. The van der Waals surface area contributed by atoms with Crippen LogP contribution in [0, 0.1) is 0 Å². The molecule has 0 radical (unpaired) electrons. The fraction of sp³-hybridized carbons (Fsp3) is 0.800. The van der Waals surface area contributed by atoms with E-state index in [1.165, 1.54) is 0 Å². The van der Waals surface area contributed by atoms with Crippen molar-refractivity contribution in [2.24, 2.45) is 4.99 Å². The van der Waals surface area contributed by atoms with Gasteiger partial charge >= 0.3 is 0 Å². The number of nitrogens with zero attached hydrogens (tertiary/aromatic N) is 2. The minimum atomic E-state index is -0.0564. The van der Waals surface area contributed by atoms with Crippen molar-refractivity contribution in [3.63, 3.8) is 0 Å². The molecule has 0 aromatic rings. The molecule has 116 valence electrons. The maximum absolute atomic E-state index is 6.06. The Bertz CT molecular complexity index is 342. The third-order valence-corrected chi connectivity index (χ3v) is 3.25. The Morgan fingerprint density at radius 2 is 2.00 bits per heavy atom. The highest BCUT2D eigenvalue weighted by atomic mass is 79.9. The SMILES string of the molecule is C=C(Br)CN=C(NCC)N1CCC(OC(C)(C)C)CC1. The first kappa shape index (κ1) is 17.5. The first-order chi connectivity index (χ1) is 9.31. The van der Waals surface area contributed by atoms with Crippen LogP contribution < -0.4 is 5.32 Å². The molecule has 1 fully saturated rings. The number of likely N-dealkylation sites (tertiary alicyclic amines) is 1. The van der Waals surface area contributed by atoms with Crippen molar-refractivity contribution in [2.45, 2.75) is 52.2 Å². The molecular weight excluding hydrogens is 318 g/mol. The second-order valence-electron chi connectivity index (χ2n) is 6.10. The molecule has 0 amide bonds. The summed E-state index contributed by atoms with van der Waals surface area (Å²) in [6.07, 6.45) is 2.47. The zero-order chi connectivity index (χ0) is 15.2. The number of piperidine rings is 1. The van der Waals surface area contributed by atoms with Crippen LogP contribution in [0.25, 0.3) is 0 Å². The van der Waals surface area contributed by atoms with Gasteiger partial charge in [0.1, 0.15) is 0 Å². The third kappa shape index (κ3) is 6.75. The summed E-state index contributed by atoms with van der Waals surface area (Å²) in [6.45, 7) is 15.7. The van der Waals surface area contributed by atoms with Gasteiger partial charge in [-0.1, -0.05) is 22.5 Å². The summed E-state index contributed by atoms with van der Waals surface area (Å²) in [5.74, 6) is 0.974. The molecule has 0 saturated carbocycles. The number of hydrogen-bond acceptors (Lipinski definition) is 2. The Balaban J connectivity index is 2.52. The lowest BCUT2D eigenvalue weighted by molar-refractivity contribution is -0.0772. The van der Waals surface area contributed by atoms with E-state index in [0.29, 0.717) is 12.6 Å². The number of hydrogen-bond donors (Lipinski definition) is 1. The topological polar surface area (TPSA) is 36.9 Å². The van der Waals surface area contributed by atoms with Gasteiger partial charge in [-0.2, -0.15) is 0 Å². The highest BCUT2D eigenvalue weighted by Crippen LogP contribution is 2.20. The summed E-state index contributed by atoms with van der Waals surface area (Å²) in [4.78, 5) is 6.89. The van der Waals surface area contributed by atoms with Gasteiger partial charge in [-0.05, 0) is 40.5 Å². The maximum atomic E-state index is 6.06. The third-order valence-electron chi connectivity index (χ3n) is 3.00. The average Bonchev–Trinajstić information content (AvgIpc) is 2.33. The van der Waals surface area contributed by atoms with E-state index in [2.05, 4.69) is 65.4 Å². The summed E-state index contributed by atoms with van der Waals surface area (Å²) >= 11 is 3.35. The molecule has 1 aliphatic heterocycles. The van der Waals surface area contributed by atoms with Crippen LogP contribution in [0.4, 0.5) is 0 Å². The predicted octanol–water partition coefficient (Wildman–Crippen LogP) is 3.14. The largest absolute Gasteiger partial charge is 0.372 e. The van der Waals surface area contributed by atoms with Crippen molar-refractivity contribution in [3.8, 4) is 0 Å². The summed E-state index contributed by atoms with van der Waals surface area (Å²) in [5.41, 5.74) is -0.0564. The smallest absolute Gasteiger partial charge is 0.194 e. The molecule has 1 aliphatic rings. The summed E-state index contributed by atoms with van der Waals surface area (Å²) in [7, 11) is 0. The number of nitrogens with one attached hydrogen (secondary N) is 1. The van der Waals surface area contributed by atoms with E-state index in [1.54, 1.807) is 0 Å². The number of aliphatic imine (C=N–C) groups is 1. The Labute approximate surface area is 131 Å². The highest BCUT2D eigenvalue weighted by Gasteiger charge is 2.25. The van der Waals surface area contributed by atoms with Crippen LogP contribution in [0.3, 0.4) is 0 Å². The molecule has 1 heterocycles. The lowest BCUT2D eigenvalue weighted by atomic mass is 10.1. The van der Waals surface area contributed by atoms with Gasteiger partial charge in [0.05, 0.1) is 18.2 Å². The molecule has 0 aliphatic carbocycles. The van der Waals surface area contributed by atoms with E-state index in [9.17, 15) is 0 Å². The van der Waals surface area contributed by atoms with E-state index in [4.69, 9.17) is 4.74 Å². The van der Waals surface area contributed by atoms with Gasteiger partial charge in [-0.15, -0.1) is 0 Å². The molecule has 0 unspecified atom stereocenters. The lowest BCUT2D eigenvalue weighted by Crippen LogP contribution is -2.48. The summed E-state index contributed by atoms with van der Waals surface area (Å²) < 4.78 is 6.96. The zero-order valence-corrected chi connectivity index (χ0v) is 14.8. The Morgan fingerprint density at radius 1 is 1.40 bits per heavy atom. The molecule has 0 spiro atoms. The molecule has 0 aromatic heterocycles. The van der Waals surface area contributed by atoms with E-state index >= 15 is 0 Å². The van der Waals surface area contributed by atoms with Crippen molar-refractivity contribution in [1.82, 2.24) is 10.2 Å². The van der Waals surface area contributed by atoms with Gasteiger partial charge in [0.2, 0.25) is 0 Å². The summed E-state index contributed by atoms with van der Waals surface area (Å²) in [6, 6.07) is 0. The molecular formula is C15H28BrN3O. The predicted molar refractivity (Wildman–Crippen MR) is 89.5 cm³/mol. The Morgan fingerprint density at radius 3 is 2.45 bits per heavy atom. The van der Waals surface area contributed by atoms with E-state index in [-0.39, 0.29) is 5.60 Å². The van der Waals surface area contributed by atoms with E-state index < -0.39 is 0 Å². The molecule has 20 heavy (non-hydrogen) atoms. The average molecular weight is 346 g/mol. The molecule has 4 nitrogen and oxygen atoms in total. The molecule has 0 bridgehead atoms. The van der Waals surface area contributed by atoms with Crippen molar-refractivity contribution < 1.29 is 4.74 Å². The summed E-state index contributed by atoms with van der Waals surface area (Å²) in [5, 5.41) is 3.34. The first-order valence-electron chi connectivity index (χ1n) is 7.36. The Hall–Kier alpha value is -0.550. The number of rotatable bonds is 4. The maximum Gasteiger partial charge on any atom is 0.194 e. The van der Waals surface area contributed by atoms with Crippen LogP contribution in [0.15, 0.2) is 16.1 Å². The van der Waals surface area contributed by atoms with Gasteiger partial charge < -0.3 is 15.0 Å². The van der Waals surface area contributed by atoms with Gasteiger partial charge in [-0.25, -0.2) is 4.99 Å². The van der Waals surface area contributed by atoms with Crippen LogP contribution >= 0.6 is 15.9 Å². The van der Waals surface area contributed by atoms with Gasteiger partial charge in [0, 0.05) is 24.1 Å². The Kier molecular flexibility index (Phi) is 7.03. The second-order valence-corrected chi connectivity index (χ2v) is 7.23. The molecule has 1 saturated heterocycles. The van der Waals surface area contributed by atoms with Crippen molar-refractivity contribution >= 4 is 21.9 Å². The monoisotopic (exact) mass is 345 g/mol. The number of guanidine groups is 1. The van der Waals surface area contributed by atoms with Crippen molar-refractivity contribution in [2.75, 3.05) is 26.2 Å². The molecule has 0 aromatic carbocycles. The molecule has 0 atom stereocenters. The lowest BCUT2D eigenvalue weighted by Gasteiger charge is -2.37. The quantitative estimate of drug-likeness (QED) is 0.628.